The summed E-state index contributed by atoms with van der Waals surface area (Å²) in [6.07, 6.45) is 0. The first-order valence-corrected chi connectivity index (χ1v) is 8.54. The van der Waals surface area contributed by atoms with Crippen molar-refractivity contribution in [3.05, 3.63) is 94.2 Å². The normalized spacial score (nSPS) is 13.6. The molecule has 2 aromatic carbocycles. The minimum Gasteiger partial charge on any atom is -0.373 e. The summed E-state index contributed by atoms with van der Waals surface area (Å²) in [5.74, 6) is 5.78. The summed E-state index contributed by atoms with van der Waals surface area (Å²) in [5, 5.41) is 23.9. The molecule has 2 nitrogen and oxygen atoms in total. The Morgan fingerprint density at radius 2 is 1.29 bits per heavy atom. The van der Waals surface area contributed by atoms with Gasteiger partial charge < -0.3 is 10.2 Å². The highest BCUT2D eigenvalue weighted by Crippen LogP contribution is 2.30. The van der Waals surface area contributed by atoms with Crippen molar-refractivity contribution < 1.29 is 10.2 Å². The molecule has 3 rings (SSSR count). The second kappa shape index (κ2) is 6.62. The molecule has 0 amide bonds. The fraction of sp³-hybridized carbons (Fsp3) is 0.143. The summed E-state index contributed by atoms with van der Waals surface area (Å²) in [4.78, 5) is 0.749. The highest BCUT2D eigenvalue weighted by molar-refractivity contribution is 7.10. The van der Waals surface area contributed by atoms with Gasteiger partial charge in [-0.05, 0) is 18.4 Å². The average molecular weight is 334 g/mol. The number of hydrogen-bond acceptors (Lipinski definition) is 3. The number of hydrogen-bond donors (Lipinski definition) is 2. The van der Waals surface area contributed by atoms with Crippen LogP contribution >= 0.6 is 11.3 Å². The van der Waals surface area contributed by atoms with E-state index in [0.29, 0.717) is 11.1 Å². The molecule has 0 aliphatic heterocycles. The standard InChI is InChI=1S/C21H18O2S/c1-20(22,19-13-8-16-24-19)14-15-21(23,17-9-4-2-5-10-17)18-11-6-3-7-12-18/h2-13,16,22-23H,1H3/t20-/m0/s1. The molecule has 0 aliphatic carbocycles. The van der Waals surface area contributed by atoms with E-state index in [2.05, 4.69) is 11.8 Å². The van der Waals surface area contributed by atoms with Crippen LogP contribution in [0.3, 0.4) is 0 Å². The Balaban J connectivity index is 2.10. The molecule has 2 N–H and O–H groups in total. The van der Waals surface area contributed by atoms with E-state index in [9.17, 15) is 10.2 Å². The van der Waals surface area contributed by atoms with Gasteiger partial charge in [0.15, 0.2) is 11.2 Å². The second-order valence-electron chi connectivity index (χ2n) is 5.74. The summed E-state index contributed by atoms with van der Waals surface area (Å²) >= 11 is 1.44. The van der Waals surface area contributed by atoms with Gasteiger partial charge in [-0.25, -0.2) is 0 Å². The van der Waals surface area contributed by atoms with E-state index in [4.69, 9.17) is 0 Å². The molecule has 0 saturated heterocycles. The Hall–Kier alpha value is -2.38. The van der Waals surface area contributed by atoms with Gasteiger partial charge in [0, 0.05) is 16.0 Å². The van der Waals surface area contributed by atoms with Crippen LogP contribution in [0.15, 0.2) is 78.2 Å². The lowest BCUT2D eigenvalue weighted by Gasteiger charge is -2.24. The van der Waals surface area contributed by atoms with Gasteiger partial charge in [0.1, 0.15) is 0 Å². The fourth-order valence-electron chi connectivity index (χ4n) is 2.50. The second-order valence-corrected chi connectivity index (χ2v) is 6.69. The van der Waals surface area contributed by atoms with Gasteiger partial charge >= 0.3 is 0 Å². The molecular weight excluding hydrogens is 316 g/mol. The van der Waals surface area contributed by atoms with E-state index in [1.807, 2.05) is 78.2 Å². The maximum Gasteiger partial charge on any atom is 0.176 e. The van der Waals surface area contributed by atoms with E-state index in [-0.39, 0.29) is 0 Å². The third-order valence-corrected chi connectivity index (χ3v) is 4.95. The first-order valence-electron chi connectivity index (χ1n) is 7.66. The Morgan fingerprint density at radius 1 is 0.750 bits per heavy atom. The Bertz CT molecular complexity index is 802. The van der Waals surface area contributed by atoms with Gasteiger partial charge in [-0.3, -0.25) is 0 Å². The zero-order valence-electron chi connectivity index (χ0n) is 13.3. The van der Waals surface area contributed by atoms with Gasteiger partial charge in [0.2, 0.25) is 0 Å². The SMILES string of the molecule is C[C@](O)(C#CC(O)(c1ccccc1)c1ccccc1)c1cccs1. The summed E-state index contributed by atoms with van der Waals surface area (Å²) < 4.78 is 0. The monoisotopic (exact) mass is 334 g/mol. The first-order chi connectivity index (χ1) is 11.5. The molecule has 0 radical (unpaired) electrons. The number of aliphatic hydroxyl groups is 2. The van der Waals surface area contributed by atoms with Crippen LogP contribution in [-0.2, 0) is 11.2 Å². The Kier molecular flexibility index (Phi) is 4.55. The zero-order chi connectivity index (χ0) is 17.0. The predicted octanol–water partition coefficient (Wildman–Crippen LogP) is 3.90. The molecule has 0 bridgehead atoms. The quantitative estimate of drug-likeness (QED) is 0.713. The summed E-state index contributed by atoms with van der Waals surface area (Å²) in [7, 11) is 0. The number of benzene rings is 2. The van der Waals surface area contributed by atoms with Crippen molar-refractivity contribution in [1.29, 1.82) is 0 Å². The van der Waals surface area contributed by atoms with Crippen LogP contribution in [0.25, 0.3) is 0 Å². The van der Waals surface area contributed by atoms with Gasteiger partial charge in [0.05, 0.1) is 0 Å². The van der Waals surface area contributed by atoms with Gasteiger partial charge in [0.25, 0.3) is 0 Å². The van der Waals surface area contributed by atoms with E-state index in [0.717, 1.165) is 4.88 Å². The maximum atomic E-state index is 11.3. The average Bonchev–Trinajstić information content (AvgIpc) is 3.17. The molecule has 0 spiro atoms. The lowest BCUT2D eigenvalue weighted by atomic mass is 9.86. The Labute approximate surface area is 146 Å². The van der Waals surface area contributed by atoms with E-state index < -0.39 is 11.2 Å². The van der Waals surface area contributed by atoms with Crippen molar-refractivity contribution in [1.82, 2.24) is 0 Å². The molecule has 0 aliphatic rings. The van der Waals surface area contributed by atoms with Crippen molar-refractivity contribution in [3.8, 4) is 11.8 Å². The van der Waals surface area contributed by atoms with E-state index in [1.54, 1.807) is 6.92 Å². The lowest BCUT2D eigenvalue weighted by Crippen LogP contribution is -2.27. The van der Waals surface area contributed by atoms with Crippen LogP contribution in [0.5, 0.6) is 0 Å². The molecule has 0 fully saturated rings. The van der Waals surface area contributed by atoms with Crippen molar-refractivity contribution in [3.63, 3.8) is 0 Å². The highest BCUT2D eigenvalue weighted by Gasteiger charge is 2.30. The highest BCUT2D eigenvalue weighted by atomic mass is 32.1. The lowest BCUT2D eigenvalue weighted by molar-refractivity contribution is 0.120. The van der Waals surface area contributed by atoms with Gasteiger partial charge in [-0.2, -0.15) is 0 Å². The van der Waals surface area contributed by atoms with Gasteiger partial charge in [-0.15, -0.1) is 11.3 Å². The molecule has 1 aromatic heterocycles. The zero-order valence-corrected chi connectivity index (χ0v) is 14.1. The molecule has 0 unspecified atom stereocenters. The van der Waals surface area contributed by atoms with Crippen LogP contribution in [-0.4, -0.2) is 10.2 Å². The minimum absolute atomic E-state index is 0.672. The van der Waals surface area contributed by atoms with Crippen molar-refractivity contribution in [2.24, 2.45) is 0 Å². The first kappa shape index (κ1) is 16.5. The number of rotatable bonds is 3. The molecule has 0 saturated carbocycles. The third-order valence-electron chi connectivity index (χ3n) is 3.87. The van der Waals surface area contributed by atoms with Crippen molar-refractivity contribution in [2.75, 3.05) is 0 Å². The molecule has 3 heteroatoms. The van der Waals surface area contributed by atoms with Crippen LogP contribution in [0.4, 0.5) is 0 Å². The van der Waals surface area contributed by atoms with Crippen LogP contribution in [0, 0.1) is 11.8 Å². The molecular formula is C21H18O2S. The minimum atomic E-state index is -1.48. The smallest absolute Gasteiger partial charge is 0.176 e. The molecule has 120 valence electrons. The summed E-state index contributed by atoms with van der Waals surface area (Å²) in [6, 6.07) is 22.3. The van der Waals surface area contributed by atoms with Crippen LogP contribution in [0.1, 0.15) is 22.9 Å². The summed E-state index contributed by atoms with van der Waals surface area (Å²) in [6.45, 7) is 1.64. The van der Waals surface area contributed by atoms with Crippen molar-refractivity contribution in [2.45, 2.75) is 18.1 Å². The van der Waals surface area contributed by atoms with Crippen LogP contribution in [0.2, 0.25) is 0 Å². The summed E-state index contributed by atoms with van der Waals surface area (Å²) in [5.41, 5.74) is -1.45. The molecule has 24 heavy (non-hydrogen) atoms. The largest absolute Gasteiger partial charge is 0.373 e. The van der Waals surface area contributed by atoms with E-state index >= 15 is 0 Å². The predicted molar refractivity (Wildman–Crippen MR) is 97.5 cm³/mol. The van der Waals surface area contributed by atoms with Gasteiger partial charge in [-0.1, -0.05) is 78.6 Å². The maximum absolute atomic E-state index is 11.3. The Morgan fingerprint density at radius 3 is 1.75 bits per heavy atom. The topological polar surface area (TPSA) is 40.5 Å². The molecule has 1 atom stereocenters. The molecule has 3 aromatic rings. The van der Waals surface area contributed by atoms with Crippen molar-refractivity contribution >= 4 is 11.3 Å². The third kappa shape index (κ3) is 3.27. The fourth-order valence-corrected chi connectivity index (χ4v) is 3.24. The van der Waals surface area contributed by atoms with E-state index in [1.165, 1.54) is 11.3 Å². The van der Waals surface area contributed by atoms with Crippen LogP contribution < -0.4 is 0 Å². The number of thiophene rings is 1. The molecule has 1 heterocycles.